The van der Waals surface area contributed by atoms with Crippen molar-refractivity contribution in [1.29, 1.82) is 0 Å². The molecule has 1 aromatic heterocycles. The number of aryl methyl sites for hydroxylation is 2. The predicted octanol–water partition coefficient (Wildman–Crippen LogP) is 6.77. The minimum atomic E-state index is -0.493. The van der Waals surface area contributed by atoms with Gasteiger partial charge in [0.05, 0.1) is 15.6 Å². The molecular weight excluding hydrogens is 494 g/mol. The zero-order valence-corrected chi connectivity index (χ0v) is 22.1. The van der Waals surface area contributed by atoms with Crippen LogP contribution in [0, 0.1) is 13.8 Å². The minimum Gasteiger partial charge on any atom is -0.323 e. The number of rotatable bonds is 8. The van der Waals surface area contributed by atoms with Gasteiger partial charge in [0.2, 0.25) is 5.91 Å². The average Bonchev–Trinajstić information content (AvgIpc) is 3.28. The number of nitrogens with one attached hydrogen (secondary N) is 1. The number of imide groups is 1. The van der Waals surface area contributed by atoms with Gasteiger partial charge in [0.1, 0.15) is 6.54 Å². The van der Waals surface area contributed by atoms with Crippen LogP contribution in [0.2, 0.25) is 5.02 Å². The van der Waals surface area contributed by atoms with E-state index in [1.165, 1.54) is 12.0 Å². The Morgan fingerprint density at radius 2 is 1.81 bits per heavy atom. The van der Waals surface area contributed by atoms with Crippen molar-refractivity contribution in [2.45, 2.75) is 40.0 Å². The second kappa shape index (κ2) is 11.2. The zero-order chi connectivity index (χ0) is 25.8. The van der Waals surface area contributed by atoms with Gasteiger partial charge in [-0.1, -0.05) is 49.2 Å². The Balaban J connectivity index is 1.50. The van der Waals surface area contributed by atoms with Crippen molar-refractivity contribution in [3.8, 4) is 5.69 Å². The molecule has 186 valence electrons. The van der Waals surface area contributed by atoms with Gasteiger partial charge < -0.3 is 9.88 Å². The van der Waals surface area contributed by atoms with Crippen molar-refractivity contribution < 1.29 is 14.4 Å². The molecule has 0 bridgehead atoms. The maximum Gasteiger partial charge on any atom is 0.294 e. The maximum absolute atomic E-state index is 13.0. The average molecular weight is 522 g/mol. The number of amides is 3. The Morgan fingerprint density at radius 1 is 1.08 bits per heavy atom. The third-order valence-electron chi connectivity index (χ3n) is 6.09. The summed E-state index contributed by atoms with van der Waals surface area (Å²) in [4.78, 5) is 39.2. The molecule has 8 heteroatoms. The van der Waals surface area contributed by atoms with Crippen LogP contribution in [0.3, 0.4) is 0 Å². The molecule has 1 N–H and O–H groups in total. The quantitative estimate of drug-likeness (QED) is 0.332. The van der Waals surface area contributed by atoms with Crippen LogP contribution in [-0.4, -0.2) is 33.1 Å². The normalized spacial score (nSPS) is 14.7. The van der Waals surface area contributed by atoms with E-state index in [9.17, 15) is 14.4 Å². The summed E-state index contributed by atoms with van der Waals surface area (Å²) in [6.07, 6.45) is 5.13. The van der Waals surface area contributed by atoms with E-state index < -0.39 is 17.1 Å². The smallest absolute Gasteiger partial charge is 0.294 e. The monoisotopic (exact) mass is 521 g/mol. The van der Waals surface area contributed by atoms with Crippen LogP contribution in [0.5, 0.6) is 0 Å². The molecule has 3 amide bonds. The first-order valence-electron chi connectivity index (χ1n) is 11.9. The van der Waals surface area contributed by atoms with Gasteiger partial charge in [-0.05, 0) is 86.0 Å². The standard InChI is InChI=1S/C28H28ClN3O3S/c1-4-5-8-20-11-13-22(14-12-20)32-18(2)15-21(19(32)3)16-25-27(34)31(28(35)36-25)17-26(33)30-24-10-7-6-9-23(24)29/h6-7,9-16H,4-5,8,17H2,1-3H3,(H,30,33)/b25-16+. The Labute approximate surface area is 220 Å². The van der Waals surface area contributed by atoms with E-state index in [0.717, 1.165) is 52.1 Å². The number of nitrogens with zero attached hydrogens (tertiary/aromatic N) is 2. The highest BCUT2D eigenvalue weighted by Crippen LogP contribution is 2.34. The second-order valence-electron chi connectivity index (χ2n) is 8.73. The highest BCUT2D eigenvalue weighted by molar-refractivity contribution is 8.18. The van der Waals surface area contributed by atoms with Gasteiger partial charge in [0, 0.05) is 17.1 Å². The van der Waals surface area contributed by atoms with E-state index >= 15 is 0 Å². The van der Waals surface area contributed by atoms with Crippen molar-refractivity contribution in [3.05, 3.63) is 87.0 Å². The van der Waals surface area contributed by atoms with Gasteiger partial charge in [-0.3, -0.25) is 19.3 Å². The molecule has 0 aliphatic carbocycles. The third kappa shape index (κ3) is 5.58. The molecule has 1 fully saturated rings. The fourth-order valence-corrected chi connectivity index (χ4v) is 5.21. The van der Waals surface area contributed by atoms with Gasteiger partial charge in [0.25, 0.3) is 11.1 Å². The number of aromatic nitrogens is 1. The number of carbonyl (C=O) groups is 3. The summed E-state index contributed by atoms with van der Waals surface area (Å²) in [6.45, 7) is 5.81. The molecule has 0 spiro atoms. The van der Waals surface area contributed by atoms with Crippen molar-refractivity contribution in [3.63, 3.8) is 0 Å². The molecule has 0 radical (unpaired) electrons. The van der Waals surface area contributed by atoms with E-state index in [1.54, 1.807) is 30.3 Å². The lowest BCUT2D eigenvalue weighted by molar-refractivity contribution is -0.127. The van der Waals surface area contributed by atoms with Crippen molar-refractivity contribution in [1.82, 2.24) is 9.47 Å². The van der Waals surface area contributed by atoms with Crippen LogP contribution in [0.25, 0.3) is 11.8 Å². The minimum absolute atomic E-state index is 0.292. The number of anilines is 1. The molecular formula is C28H28ClN3O3S. The molecule has 0 atom stereocenters. The maximum atomic E-state index is 13.0. The lowest BCUT2D eigenvalue weighted by Crippen LogP contribution is -2.36. The molecule has 2 aromatic carbocycles. The number of carbonyl (C=O) groups excluding carboxylic acids is 3. The van der Waals surface area contributed by atoms with Crippen LogP contribution < -0.4 is 5.32 Å². The fraction of sp³-hybridized carbons (Fsp3) is 0.250. The molecule has 1 aliphatic heterocycles. The molecule has 1 saturated heterocycles. The Hall–Kier alpha value is -3.29. The number of hydrogen-bond donors (Lipinski definition) is 1. The Kier molecular flexibility index (Phi) is 8.01. The van der Waals surface area contributed by atoms with Crippen LogP contribution in [0.4, 0.5) is 10.5 Å². The summed E-state index contributed by atoms with van der Waals surface area (Å²) < 4.78 is 2.14. The number of benzene rings is 2. The lowest BCUT2D eigenvalue weighted by Gasteiger charge is -2.13. The molecule has 0 saturated carbocycles. The summed E-state index contributed by atoms with van der Waals surface area (Å²) in [5.74, 6) is -0.975. The van der Waals surface area contributed by atoms with Crippen molar-refractivity contribution in [2.24, 2.45) is 0 Å². The molecule has 1 aliphatic rings. The van der Waals surface area contributed by atoms with Crippen molar-refractivity contribution in [2.75, 3.05) is 11.9 Å². The van der Waals surface area contributed by atoms with Gasteiger partial charge in [-0.15, -0.1) is 0 Å². The van der Waals surface area contributed by atoms with Crippen LogP contribution in [0.15, 0.2) is 59.5 Å². The van der Waals surface area contributed by atoms with E-state index in [1.807, 2.05) is 19.9 Å². The number of para-hydroxylation sites is 1. The van der Waals surface area contributed by atoms with E-state index in [0.29, 0.717) is 15.6 Å². The SMILES string of the molecule is CCCCc1ccc(-n2c(C)cc(/C=C3/SC(=O)N(CC(=O)Nc4ccccc4Cl)C3=O)c2C)cc1. The molecule has 4 rings (SSSR count). The third-order valence-corrected chi connectivity index (χ3v) is 7.33. The summed E-state index contributed by atoms with van der Waals surface area (Å²) >= 11 is 6.92. The van der Waals surface area contributed by atoms with E-state index in [2.05, 4.69) is 41.1 Å². The number of hydrogen-bond acceptors (Lipinski definition) is 4. The first-order chi connectivity index (χ1) is 17.3. The van der Waals surface area contributed by atoms with Crippen LogP contribution in [0.1, 0.15) is 42.3 Å². The number of halogens is 1. The first kappa shape index (κ1) is 25.8. The molecule has 3 aromatic rings. The lowest BCUT2D eigenvalue weighted by atomic mass is 10.1. The van der Waals surface area contributed by atoms with E-state index in [-0.39, 0.29) is 6.54 Å². The topological polar surface area (TPSA) is 71.4 Å². The van der Waals surface area contributed by atoms with Crippen LogP contribution in [-0.2, 0) is 16.0 Å². The van der Waals surface area contributed by atoms with Crippen LogP contribution >= 0.6 is 23.4 Å². The Morgan fingerprint density at radius 3 is 2.50 bits per heavy atom. The fourth-order valence-electron chi connectivity index (χ4n) is 4.20. The summed E-state index contributed by atoms with van der Waals surface area (Å²) in [5.41, 5.74) is 5.64. The van der Waals surface area contributed by atoms with Gasteiger partial charge in [0.15, 0.2) is 0 Å². The number of thioether (sulfide) groups is 1. The largest absolute Gasteiger partial charge is 0.323 e. The highest BCUT2D eigenvalue weighted by atomic mass is 35.5. The molecule has 0 unspecified atom stereocenters. The van der Waals surface area contributed by atoms with Gasteiger partial charge >= 0.3 is 0 Å². The summed E-state index contributed by atoms with van der Waals surface area (Å²) in [6, 6.07) is 17.3. The molecule has 36 heavy (non-hydrogen) atoms. The number of unbranched alkanes of at least 4 members (excludes halogenated alkanes) is 1. The van der Waals surface area contributed by atoms with E-state index in [4.69, 9.17) is 11.6 Å². The second-order valence-corrected chi connectivity index (χ2v) is 10.1. The summed E-state index contributed by atoms with van der Waals surface area (Å²) in [7, 11) is 0. The van der Waals surface area contributed by atoms with Crippen molar-refractivity contribution >= 4 is 52.2 Å². The zero-order valence-electron chi connectivity index (χ0n) is 20.5. The highest BCUT2D eigenvalue weighted by Gasteiger charge is 2.36. The van der Waals surface area contributed by atoms with Gasteiger partial charge in [-0.2, -0.15) is 0 Å². The molecule has 6 nitrogen and oxygen atoms in total. The predicted molar refractivity (Wildman–Crippen MR) is 147 cm³/mol. The van der Waals surface area contributed by atoms with Gasteiger partial charge in [-0.25, -0.2) is 0 Å². The first-order valence-corrected chi connectivity index (χ1v) is 13.1. The summed E-state index contributed by atoms with van der Waals surface area (Å²) in [5, 5.41) is 2.55. The Bertz CT molecular complexity index is 1340. The molecule has 2 heterocycles.